The summed E-state index contributed by atoms with van der Waals surface area (Å²) in [5.41, 5.74) is 0.685. The van der Waals surface area contributed by atoms with Crippen molar-refractivity contribution in [3.8, 4) is 11.5 Å². The normalized spacial score (nSPS) is 11.6. The third-order valence-electron chi connectivity index (χ3n) is 8.44. The molecule has 0 amide bonds. The molecular weight excluding hydrogens is 655 g/mol. The molecule has 0 fully saturated rings. The minimum absolute atomic E-state index is 0. The Morgan fingerprint density at radius 3 is 1.02 bits per heavy atom. The van der Waals surface area contributed by atoms with Crippen molar-refractivity contribution in [2.45, 2.75) is 165 Å². The molecule has 0 spiro atoms. The Labute approximate surface area is 330 Å². The average Bonchev–Trinajstić information content (AvgIpc) is 2.98. The first-order valence-electron chi connectivity index (χ1n) is 17.4. The van der Waals surface area contributed by atoms with Gasteiger partial charge in [0.15, 0.2) is 0 Å². The van der Waals surface area contributed by atoms with Crippen LogP contribution in [0.3, 0.4) is 0 Å². The van der Waals surface area contributed by atoms with Crippen LogP contribution in [0.5, 0.6) is 11.5 Å². The van der Waals surface area contributed by atoms with Crippen LogP contribution in [0.2, 0.25) is 0 Å². The van der Waals surface area contributed by atoms with Gasteiger partial charge in [-0.05, 0) is 48.9 Å². The van der Waals surface area contributed by atoms with Crippen LogP contribution in [-0.2, 0) is 33.1 Å². The van der Waals surface area contributed by atoms with Gasteiger partial charge >= 0.3 is 59.1 Å². The maximum absolute atomic E-state index is 12.4. The minimum Gasteiger partial charge on any atom is -0.744 e. The molecule has 2 aromatic carbocycles. The van der Waals surface area contributed by atoms with E-state index in [1.54, 1.807) is 24.3 Å². The molecule has 2 rings (SSSR count). The molecule has 0 radical (unpaired) electrons. The summed E-state index contributed by atoms with van der Waals surface area (Å²) < 4.78 is 80.2. The van der Waals surface area contributed by atoms with Crippen molar-refractivity contribution in [3.63, 3.8) is 0 Å². The fourth-order valence-electron chi connectivity index (χ4n) is 5.97. The van der Waals surface area contributed by atoms with Crippen LogP contribution in [0.4, 0.5) is 0 Å². The molecule has 2 aromatic rings. The van der Waals surface area contributed by atoms with Crippen LogP contribution in [-0.4, -0.2) is 25.9 Å². The van der Waals surface area contributed by atoms with E-state index in [-0.39, 0.29) is 70.6 Å². The summed E-state index contributed by atoms with van der Waals surface area (Å²) in [5, 5.41) is 0. The number of hydrogen-bond acceptors (Lipinski definition) is 7. The van der Waals surface area contributed by atoms with Gasteiger partial charge in [-0.2, -0.15) is 0 Å². The van der Waals surface area contributed by atoms with Gasteiger partial charge in [-0.3, -0.25) is 0 Å². The molecule has 0 aliphatic heterocycles. The zero-order valence-electron chi connectivity index (χ0n) is 29.7. The van der Waals surface area contributed by atoms with Crippen molar-refractivity contribution >= 4 is 20.2 Å². The van der Waals surface area contributed by atoms with Gasteiger partial charge in [0.25, 0.3) is 0 Å². The van der Waals surface area contributed by atoms with Crippen molar-refractivity contribution in [3.05, 3.63) is 47.5 Å². The zero-order chi connectivity index (χ0) is 33.0. The summed E-state index contributed by atoms with van der Waals surface area (Å²) in [4.78, 5) is -0.981. The second kappa shape index (κ2) is 26.8. The summed E-state index contributed by atoms with van der Waals surface area (Å²) in [6, 6.07) is 9.05. The van der Waals surface area contributed by atoms with Crippen molar-refractivity contribution in [2.75, 3.05) is 0 Å². The number of ether oxygens (including phenoxy) is 1. The maximum Gasteiger partial charge on any atom is 1.00 e. The van der Waals surface area contributed by atoms with E-state index in [4.69, 9.17) is 4.74 Å². The number of aryl methyl sites for hydroxylation is 2. The Bertz CT molecular complexity index is 1230. The Balaban J connectivity index is 0.0000106. The van der Waals surface area contributed by atoms with E-state index < -0.39 is 30.0 Å². The molecular formula is C36H56Na2O7S2. The SMILES string of the molecule is CCCCCCCCCCCCc1cccc(Oc2cccc(CCCCCCCCCCCC)c2S(=O)(=O)[O-])c1S(=O)(=O)[O-].[Na+].[Na+]. The maximum atomic E-state index is 12.4. The Hall–Kier alpha value is 0.0600. The number of benzene rings is 2. The number of rotatable bonds is 26. The molecule has 0 aliphatic rings. The van der Waals surface area contributed by atoms with E-state index >= 15 is 0 Å². The van der Waals surface area contributed by atoms with E-state index in [9.17, 15) is 25.9 Å². The van der Waals surface area contributed by atoms with E-state index in [0.717, 1.165) is 51.4 Å². The molecule has 0 aliphatic carbocycles. The fourth-order valence-corrected chi connectivity index (χ4v) is 7.66. The minimum atomic E-state index is -4.94. The molecule has 0 N–H and O–H groups in total. The van der Waals surface area contributed by atoms with Crippen molar-refractivity contribution in [1.29, 1.82) is 0 Å². The van der Waals surface area contributed by atoms with Gasteiger partial charge in [-0.15, -0.1) is 0 Å². The smallest absolute Gasteiger partial charge is 0.744 e. The van der Waals surface area contributed by atoms with Crippen LogP contribution in [0, 0.1) is 0 Å². The van der Waals surface area contributed by atoms with E-state index in [0.29, 0.717) is 24.0 Å². The van der Waals surface area contributed by atoms with Crippen LogP contribution < -0.4 is 63.9 Å². The van der Waals surface area contributed by atoms with Gasteiger partial charge in [0, 0.05) is 0 Å². The summed E-state index contributed by atoms with van der Waals surface area (Å²) in [5.74, 6) is -0.508. The molecule has 7 nitrogen and oxygen atoms in total. The van der Waals surface area contributed by atoms with Crippen LogP contribution >= 0.6 is 0 Å². The van der Waals surface area contributed by atoms with Gasteiger partial charge in [-0.25, -0.2) is 16.8 Å². The van der Waals surface area contributed by atoms with Crippen molar-refractivity contribution < 1.29 is 89.8 Å². The van der Waals surface area contributed by atoms with E-state index in [1.807, 2.05) is 0 Å². The van der Waals surface area contributed by atoms with Gasteiger partial charge in [0.1, 0.15) is 41.5 Å². The first-order chi connectivity index (χ1) is 21.6. The monoisotopic (exact) mass is 710 g/mol. The first-order valence-corrected chi connectivity index (χ1v) is 20.2. The van der Waals surface area contributed by atoms with Gasteiger partial charge in [-0.1, -0.05) is 154 Å². The van der Waals surface area contributed by atoms with Crippen LogP contribution in [0.15, 0.2) is 46.2 Å². The molecule has 0 aromatic heterocycles. The molecule has 0 saturated carbocycles. The molecule has 0 unspecified atom stereocenters. The van der Waals surface area contributed by atoms with Gasteiger partial charge in [0.2, 0.25) is 0 Å². The second-order valence-corrected chi connectivity index (χ2v) is 15.0. The summed E-state index contributed by atoms with van der Waals surface area (Å²) in [6.07, 6.45) is 23.4. The second-order valence-electron chi connectivity index (χ2n) is 12.4. The summed E-state index contributed by atoms with van der Waals surface area (Å²) in [6.45, 7) is 4.41. The summed E-state index contributed by atoms with van der Waals surface area (Å²) in [7, 11) is -9.88. The standard InChI is InChI=1S/C36H58O7S2.2Na/c1-3-5-7-9-11-13-15-17-19-21-25-31-27-23-29-33(35(31)44(37,38)39)43-34-30-24-28-32(36(34)45(40,41)42)26-22-20-18-16-14-12-10-8-6-4-2;;/h23-24,27-30H,3-22,25-26H2,1-2H3,(H,37,38,39)(H,40,41,42);;/q;2*+1/p-2. The molecule has 0 bridgehead atoms. The van der Waals surface area contributed by atoms with Crippen LogP contribution in [0.25, 0.3) is 0 Å². The van der Waals surface area contributed by atoms with Crippen molar-refractivity contribution in [1.82, 2.24) is 0 Å². The largest absolute Gasteiger partial charge is 1.00 e. The molecule has 256 valence electrons. The third-order valence-corrected chi connectivity index (χ3v) is 10.4. The summed E-state index contributed by atoms with van der Waals surface area (Å²) >= 11 is 0. The predicted molar refractivity (Wildman–Crippen MR) is 180 cm³/mol. The Morgan fingerprint density at radius 2 is 0.745 bits per heavy atom. The van der Waals surface area contributed by atoms with E-state index in [2.05, 4.69) is 13.8 Å². The fraction of sp³-hybridized carbons (Fsp3) is 0.667. The van der Waals surface area contributed by atoms with Gasteiger partial charge in [0.05, 0.1) is 0 Å². The number of unbranched alkanes of at least 4 members (excludes halogenated alkanes) is 18. The quantitative estimate of drug-likeness (QED) is 0.0814. The Morgan fingerprint density at radius 1 is 0.468 bits per heavy atom. The van der Waals surface area contributed by atoms with E-state index in [1.165, 1.54) is 89.2 Å². The molecule has 11 heteroatoms. The predicted octanol–water partition coefficient (Wildman–Crippen LogP) is 4.22. The third kappa shape index (κ3) is 19.3. The topological polar surface area (TPSA) is 124 Å². The van der Waals surface area contributed by atoms with Gasteiger partial charge < -0.3 is 13.8 Å². The molecule has 47 heavy (non-hydrogen) atoms. The molecule has 0 atom stereocenters. The zero-order valence-corrected chi connectivity index (χ0v) is 35.3. The van der Waals surface area contributed by atoms with Crippen molar-refractivity contribution in [2.24, 2.45) is 0 Å². The van der Waals surface area contributed by atoms with Crippen LogP contribution in [0.1, 0.15) is 153 Å². The molecule has 0 heterocycles. The molecule has 0 saturated heterocycles. The number of hydrogen-bond donors (Lipinski definition) is 0. The average molecular weight is 711 g/mol. The first kappa shape index (κ1) is 47.1. The Kier molecular flexibility index (Phi) is 26.8.